The molecule has 1 saturated heterocycles. The molecular weight excluding hydrogens is 333 g/mol. The Morgan fingerprint density at radius 1 is 1.50 bits per heavy atom. The first-order valence-electron chi connectivity index (χ1n) is 9.28. The van der Waals surface area contributed by atoms with Gasteiger partial charge in [0.15, 0.2) is 0 Å². The van der Waals surface area contributed by atoms with Gasteiger partial charge in [-0.3, -0.25) is 9.59 Å². The first-order valence-corrected chi connectivity index (χ1v) is 9.28. The molecule has 1 rings (SSSR count). The zero-order valence-electron chi connectivity index (χ0n) is 16.2. The van der Waals surface area contributed by atoms with Gasteiger partial charge >= 0.3 is 0 Å². The monoisotopic (exact) mass is 363 g/mol. The second-order valence-corrected chi connectivity index (χ2v) is 7.11. The number of carbonyl (C=O) groups excluding carboxylic acids is 3. The number of carbonyl (C=O) groups is 3. The smallest absolute Gasteiger partial charge is 0.268 e. The number of nitriles is 1. The molecule has 0 aromatic rings. The molecule has 4 unspecified atom stereocenters. The van der Waals surface area contributed by atoms with E-state index in [2.05, 4.69) is 11.3 Å². The highest BCUT2D eigenvalue weighted by atomic mass is 16.5. The van der Waals surface area contributed by atoms with Gasteiger partial charge in [-0.05, 0) is 18.7 Å². The van der Waals surface area contributed by atoms with Crippen LogP contribution >= 0.6 is 0 Å². The van der Waals surface area contributed by atoms with Gasteiger partial charge < -0.3 is 19.7 Å². The van der Waals surface area contributed by atoms with Crippen LogP contribution in [0.1, 0.15) is 33.1 Å². The van der Waals surface area contributed by atoms with Crippen LogP contribution in [0.4, 0.5) is 0 Å². The van der Waals surface area contributed by atoms with Crippen LogP contribution in [0.3, 0.4) is 0 Å². The van der Waals surface area contributed by atoms with Crippen LogP contribution in [-0.4, -0.2) is 62.6 Å². The fourth-order valence-electron chi connectivity index (χ4n) is 3.64. The molecule has 0 spiro atoms. The van der Waals surface area contributed by atoms with Crippen LogP contribution in [0.15, 0.2) is 0 Å². The second kappa shape index (κ2) is 11.0. The van der Waals surface area contributed by atoms with Gasteiger partial charge in [0.05, 0.1) is 18.7 Å². The number of amides is 2. The van der Waals surface area contributed by atoms with Crippen LogP contribution in [0, 0.1) is 23.1 Å². The SMILES string of the molecule is CCC(C)C(C(CC=O)OC)N(C)C(=O)CNC(=O)C1CCB(C#N)C1. The minimum absolute atomic E-state index is 0.0651. The van der Waals surface area contributed by atoms with E-state index in [1.165, 1.54) is 7.11 Å². The van der Waals surface area contributed by atoms with Crippen LogP contribution in [0.5, 0.6) is 0 Å². The number of hydrogen-bond donors (Lipinski definition) is 1. The van der Waals surface area contributed by atoms with Gasteiger partial charge in [-0.15, -0.1) is 0 Å². The van der Waals surface area contributed by atoms with E-state index in [0.29, 0.717) is 12.7 Å². The topological polar surface area (TPSA) is 99.5 Å². The van der Waals surface area contributed by atoms with Crippen molar-refractivity contribution in [3.63, 3.8) is 0 Å². The number of methoxy groups -OCH3 is 1. The van der Waals surface area contributed by atoms with Crippen LogP contribution in [0.2, 0.25) is 12.6 Å². The summed E-state index contributed by atoms with van der Waals surface area (Å²) in [7, 11) is 3.22. The van der Waals surface area contributed by atoms with E-state index in [4.69, 9.17) is 10.00 Å². The van der Waals surface area contributed by atoms with E-state index in [0.717, 1.165) is 19.0 Å². The Bertz CT molecular complexity index is 537. The Morgan fingerprint density at radius 3 is 2.69 bits per heavy atom. The summed E-state index contributed by atoms with van der Waals surface area (Å²) in [5, 5.41) is 11.6. The maximum atomic E-state index is 12.6. The van der Waals surface area contributed by atoms with Crippen LogP contribution in [-0.2, 0) is 19.1 Å². The number of aldehydes is 1. The molecule has 0 aromatic carbocycles. The molecule has 7 nitrogen and oxygen atoms in total. The predicted molar refractivity (Wildman–Crippen MR) is 99.6 cm³/mol. The van der Waals surface area contributed by atoms with Gasteiger partial charge in [-0.25, -0.2) is 5.26 Å². The Hall–Kier alpha value is -1.88. The minimum atomic E-state index is -0.377. The van der Waals surface area contributed by atoms with Gasteiger partial charge in [-0.2, -0.15) is 0 Å². The van der Waals surface area contributed by atoms with Crippen molar-refractivity contribution in [1.82, 2.24) is 10.2 Å². The van der Waals surface area contributed by atoms with Gasteiger partial charge in [0, 0.05) is 32.5 Å². The zero-order valence-corrected chi connectivity index (χ0v) is 16.2. The number of nitrogens with zero attached hydrogens (tertiary/aromatic N) is 2. The van der Waals surface area contributed by atoms with E-state index < -0.39 is 0 Å². The maximum absolute atomic E-state index is 12.6. The van der Waals surface area contributed by atoms with Crippen molar-refractivity contribution >= 4 is 24.8 Å². The summed E-state index contributed by atoms with van der Waals surface area (Å²) in [5.74, 6) is 1.78. The fraction of sp³-hybridized carbons (Fsp3) is 0.778. The third-order valence-electron chi connectivity index (χ3n) is 5.48. The van der Waals surface area contributed by atoms with E-state index in [-0.39, 0.29) is 55.5 Å². The molecule has 0 radical (unpaired) electrons. The lowest BCUT2D eigenvalue weighted by Crippen LogP contribution is -2.52. The highest BCUT2D eigenvalue weighted by Crippen LogP contribution is 2.26. The highest BCUT2D eigenvalue weighted by Gasteiger charge is 2.34. The van der Waals surface area contributed by atoms with Gasteiger partial charge in [0.1, 0.15) is 6.29 Å². The molecular formula is C18H30BN3O4. The lowest BCUT2D eigenvalue weighted by molar-refractivity contribution is -0.138. The van der Waals surface area contributed by atoms with Crippen molar-refractivity contribution in [3.05, 3.63) is 0 Å². The molecule has 26 heavy (non-hydrogen) atoms. The largest absolute Gasteiger partial charge is 0.379 e. The van der Waals surface area contributed by atoms with Gasteiger partial charge in [-0.1, -0.05) is 26.6 Å². The third kappa shape index (κ3) is 5.84. The molecule has 8 heteroatoms. The van der Waals surface area contributed by atoms with Crippen LogP contribution < -0.4 is 5.32 Å². The summed E-state index contributed by atoms with van der Waals surface area (Å²) >= 11 is 0. The lowest BCUT2D eigenvalue weighted by Gasteiger charge is -2.37. The number of hydrogen-bond acceptors (Lipinski definition) is 5. The van der Waals surface area contributed by atoms with Crippen molar-refractivity contribution in [1.29, 1.82) is 5.26 Å². The molecule has 1 fully saturated rings. The number of ether oxygens (including phenoxy) is 1. The molecule has 0 bridgehead atoms. The number of likely N-dealkylation sites (N-methyl/N-ethyl adjacent to an activating group) is 1. The van der Waals surface area contributed by atoms with Crippen molar-refractivity contribution in [2.75, 3.05) is 20.7 Å². The van der Waals surface area contributed by atoms with E-state index in [1.807, 2.05) is 13.8 Å². The number of rotatable bonds is 10. The first-order chi connectivity index (χ1) is 12.4. The average molecular weight is 363 g/mol. The van der Waals surface area contributed by atoms with Crippen molar-refractivity contribution in [2.24, 2.45) is 11.8 Å². The fourth-order valence-corrected chi connectivity index (χ4v) is 3.64. The Labute approximate surface area is 156 Å². The average Bonchev–Trinajstić information content (AvgIpc) is 3.14. The van der Waals surface area contributed by atoms with Crippen molar-refractivity contribution < 1.29 is 19.1 Å². The molecule has 0 saturated carbocycles. The molecule has 1 aliphatic heterocycles. The van der Waals surface area contributed by atoms with E-state index in [1.54, 1.807) is 11.9 Å². The Balaban J connectivity index is 2.66. The van der Waals surface area contributed by atoms with Crippen LogP contribution in [0.25, 0.3) is 0 Å². The second-order valence-electron chi connectivity index (χ2n) is 7.11. The zero-order chi connectivity index (χ0) is 19.7. The summed E-state index contributed by atoms with van der Waals surface area (Å²) in [6.45, 7) is 3.89. The summed E-state index contributed by atoms with van der Waals surface area (Å²) in [5.41, 5.74) is 0. The summed E-state index contributed by atoms with van der Waals surface area (Å²) < 4.78 is 5.44. The molecule has 2 amide bonds. The predicted octanol–water partition coefficient (Wildman–Crippen LogP) is 1.16. The molecule has 0 aliphatic carbocycles. The van der Waals surface area contributed by atoms with Gasteiger partial charge in [0.25, 0.3) is 6.71 Å². The Morgan fingerprint density at radius 2 is 2.19 bits per heavy atom. The minimum Gasteiger partial charge on any atom is -0.379 e. The van der Waals surface area contributed by atoms with Gasteiger partial charge in [0.2, 0.25) is 11.8 Å². The quantitative estimate of drug-likeness (QED) is 0.464. The third-order valence-corrected chi connectivity index (χ3v) is 5.48. The molecule has 0 aromatic heterocycles. The summed E-state index contributed by atoms with van der Waals surface area (Å²) in [6, 6.07) is -0.242. The van der Waals surface area contributed by atoms with Crippen molar-refractivity contribution in [3.8, 4) is 5.97 Å². The Kier molecular flexibility index (Phi) is 9.35. The lowest BCUT2D eigenvalue weighted by atomic mass is 9.50. The first kappa shape index (κ1) is 22.2. The van der Waals surface area contributed by atoms with E-state index >= 15 is 0 Å². The van der Waals surface area contributed by atoms with Crippen molar-refractivity contribution in [2.45, 2.75) is 57.9 Å². The summed E-state index contributed by atoms with van der Waals surface area (Å²) in [4.78, 5) is 37.3. The normalized spacial score (nSPS) is 20.0. The molecule has 4 atom stereocenters. The molecule has 1 aliphatic rings. The maximum Gasteiger partial charge on any atom is 0.268 e. The molecule has 1 heterocycles. The summed E-state index contributed by atoms with van der Waals surface area (Å²) in [6.07, 6.45) is 3.47. The number of nitrogens with one attached hydrogen (secondary N) is 1. The molecule has 144 valence electrons. The van der Waals surface area contributed by atoms with E-state index in [9.17, 15) is 14.4 Å². The molecule has 1 N–H and O–H groups in total. The standard InChI is InChI=1S/C18H30BN3O4/c1-5-13(2)17(15(26-4)7-9-23)22(3)16(24)11-21-18(25)14-6-8-19(10-14)12-20/h9,13-15,17H,5-8,10-11H2,1-4H3,(H,21,25). The highest BCUT2D eigenvalue weighted by molar-refractivity contribution is 6.68.